The fourth-order valence-corrected chi connectivity index (χ4v) is 8.30. The van der Waals surface area contributed by atoms with Crippen LogP contribution < -0.4 is 5.32 Å². The average Bonchev–Trinajstić information content (AvgIpc) is 3.26. The van der Waals surface area contributed by atoms with Crippen LogP contribution in [0.2, 0.25) is 0 Å². The lowest BCUT2D eigenvalue weighted by molar-refractivity contribution is -0.151. The Morgan fingerprint density at radius 2 is 0.823 bits per heavy atom. The molecule has 0 fully saturated rings. The van der Waals surface area contributed by atoms with Crippen molar-refractivity contribution in [3.63, 3.8) is 0 Å². The van der Waals surface area contributed by atoms with E-state index in [1.165, 1.54) is 161 Å². The maximum absolute atomic E-state index is 13.2. The summed E-state index contributed by atoms with van der Waals surface area (Å²) in [5.41, 5.74) is 0. The van der Waals surface area contributed by atoms with Gasteiger partial charge in [-0.25, -0.2) is 0 Å². The zero-order valence-corrected chi connectivity index (χ0v) is 41.5. The van der Waals surface area contributed by atoms with Crippen LogP contribution in [0, 0.1) is 0 Å². The van der Waals surface area contributed by atoms with E-state index in [-0.39, 0.29) is 24.9 Å². The fourth-order valence-electron chi connectivity index (χ4n) is 8.30. The summed E-state index contributed by atoms with van der Waals surface area (Å²) < 4.78 is 5.93. The van der Waals surface area contributed by atoms with Crippen molar-refractivity contribution in [3.05, 3.63) is 36.5 Å². The van der Waals surface area contributed by atoms with Gasteiger partial charge in [0, 0.05) is 6.42 Å². The zero-order chi connectivity index (χ0) is 45.2. The van der Waals surface area contributed by atoms with Crippen LogP contribution in [-0.2, 0) is 14.3 Å². The van der Waals surface area contributed by atoms with Crippen molar-refractivity contribution in [2.45, 2.75) is 302 Å². The minimum absolute atomic E-state index is 0.0637. The standard InChI is InChI=1S/C56H105NO5/c1-4-7-10-13-16-19-22-25-27-29-31-34-37-40-43-46-49-56(61)62-52(47-44-41-38-35-32-30-28-26-23-20-17-14-11-8-5-2)50-55(60)57-53(51-58)54(59)48-45-42-39-36-33-24-21-18-15-12-9-6-3/h26-29,31,34,52-54,58-59H,4-25,30,32-33,35-51H2,1-3H3,(H,57,60)/b28-26+,29-27+,34-31+. The molecule has 0 aromatic rings. The Bertz CT molecular complexity index is 1020. The van der Waals surface area contributed by atoms with Gasteiger partial charge in [-0.05, 0) is 77.0 Å². The van der Waals surface area contributed by atoms with E-state index >= 15 is 0 Å². The van der Waals surface area contributed by atoms with Crippen LogP contribution in [0.25, 0.3) is 0 Å². The van der Waals surface area contributed by atoms with Gasteiger partial charge >= 0.3 is 5.97 Å². The monoisotopic (exact) mass is 872 g/mol. The SMILES string of the molecule is CCCCCCCC/C=C/CCCCCCCC(CC(=O)NC(CO)C(O)CCCCCCCCCCCCCC)OC(=O)CCCCC/C=C/C=C/CCCCCCCCC. The summed E-state index contributed by atoms with van der Waals surface area (Å²) in [6, 6.07) is -0.707. The summed E-state index contributed by atoms with van der Waals surface area (Å²) in [7, 11) is 0. The van der Waals surface area contributed by atoms with Crippen molar-refractivity contribution in [2.24, 2.45) is 0 Å². The molecule has 3 N–H and O–H groups in total. The molecule has 1 amide bonds. The number of ether oxygens (including phenoxy) is 1. The molecule has 0 aliphatic heterocycles. The van der Waals surface area contributed by atoms with E-state index in [1.807, 2.05) is 0 Å². The minimum Gasteiger partial charge on any atom is -0.462 e. The van der Waals surface area contributed by atoms with Gasteiger partial charge in [0.1, 0.15) is 6.10 Å². The molecule has 0 heterocycles. The average molecular weight is 872 g/mol. The smallest absolute Gasteiger partial charge is 0.306 e. The van der Waals surface area contributed by atoms with Crippen molar-refractivity contribution in [1.29, 1.82) is 0 Å². The molecule has 0 aliphatic rings. The van der Waals surface area contributed by atoms with E-state index in [0.29, 0.717) is 19.3 Å². The molecule has 3 unspecified atom stereocenters. The van der Waals surface area contributed by atoms with Gasteiger partial charge in [-0.2, -0.15) is 0 Å². The normalized spacial score (nSPS) is 13.4. The van der Waals surface area contributed by atoms with Crippen LogP contribution >= 0.6 is 0 Å². The van der Waals surface area contributed by atoms with Crippen molar-refractivity contribution in [2.75, 3.05) is 6.61 Å². The number of rotatable bonds is 49. The molecular weight excluding hydrogens is 767 g/mol. The number of carbonyl (C=O) groups is 2. The Balaban J connectivity index is 4.62. The molecule has 3 atom stereocenters. The number of nitrogens with one attached hydrogen (secondary N) is 1. The number of carbonyl (C=O) groups excluding carboxylic acids is 2. The molecule has 0 rings (SSSR count). The van der Waals surface area contributed by atoms with Crippen LogP contribution in [0.15, 0.2) is 36.5 Å². The lowest BCUT2D eigenvalue weighted by atomic mass is 10.0. The number of amides is 1. The van der Waals surface area contributed by atoms with Crippen molar-refractivity contribution in [1.82, 2.24) is 5.32 Å². The highest BCUT2D eigenvalue weighted by atomic mass is 16.5. The predicted octanol–water partition coefficient (Wildman–Crippen LogP) is 16.5. The van der Waals surface area contributed by atoms with Gasteiger partial charge in [0.2, 0.25) is 5.91 Å². The quantitative estimate of drug-likeness (QED) is 0.0245. The maximum atomic E-state index is 13.2. The highest BCUT2D eigenvalue weighted by Gasteiger charge is 2.24. The van der Waals surface area contributed by atoms with Gasteiger partial charge in [0.25, 0.3) is 0 Å². The highest BCUT2D eigenvalue weighted by Crippen LogP contribution is 2.18. The second-order valence-electron chi connectivity index (χ2n) is 18.7. The summed E-state index contributed by atoms with van der Waals surface area (Å²) in [6.07, 6.45) is 59.2. The zero-order valence-electron chi connectivity index (χ0n) is 41.5. The first-order valence-electron chi connectivity index (χ1n) is 27.2. The molecule has 0 saturated carbocycles. The van der Waals surface area contributed by atoms with Gasteiger partial charge in [-0.15, -0.1) is 0 Å². The first-order chi connectivity index (χ1) is 30.5. The third-order valence-corrected chi connectivity index (χ3v) is 12.5. The molecule has 0 bridgehead atoms. The van der Waals surface area contributed by atoms with E-state index in [2.05, 4.69) is 62.5 Å². The summed E-state index contributed by atoms with van der Waals surface area (Å²) in [5, 5.41) is 23.8. The topological polar surface area (TPSA) is 95.9 Å². The van der Waals surface area contributed by atoms with Gasteiger partial charge in [0.15, 0.2) is 0 Å². The Labute approximate surface area is 385 Å². The molecule has 364 valence electrons. The van der Waals surface area contributed by atoms with Crippen molar-refractivity contribution < 1.29 is 24.5 Å². The second kappa shape index (κ2) is 50.1. The lowest BCUT2D eigenvalue weighted by Gasteiger charge is -2.24. The third-order valence-electron chi connectivity index (χ3n) is 12.5. The van der Waals surface area contributed by atoms with Crippen LogP contribution in [0.5, 0.6) is 0 Å². The summed E-state index contributed by atoms with van der Waals surface area (Å²) in [5.74, 6) is -0.503. The molecule has 6 nitrogen and oxygen atoms in total. The summed E-state index contributed by atoms with van der Waals surface area (Å²) in [4.78, 5) is 26.2. The highest BCUT2D eigenvalue weighted by molar-refractivity contribution is 5.77. The number of esters is 1. The Morgan fingerprint density at radius 3 is 1.24 bits per heavy atom. The fraction of sp³-hybridized carbons (Fsp3) is 0.857. The van der Waals surface area contributed by atoms with E-state index in [4.69, 9.17) is 4.74 Å². The number of hydrogen-bond donors (Lipinski definition) is 3. The van der Waals surface area contributed by atoms with Crippen LogP contribution in [0.3, 0.4) is 0 Å². The number of unbranched alkanes of at least 4 members (excludes halogenated alkanes) is 32. The van der Waals surface area contributed by atoms with E-state index < -0.39 is 18.2 Å². The second-order valence-corrected chi connectivity index (χ2v) is 18.7. The van der Waals surface area contributed by atoms with Crippen LogP contribution in [0.4, 0.5) is 0 Å². The van der Waals surface area contributed by atoms with Gasteiger partial charge in [-0.1, -0.05) is 231 Å². The van der Waals surface area contributed by atoms with Gasteiger partial charge in [0.05, 0.1) is 25.2 Å². The lowest BCUT2D eigenvalue weighted by Crippen LogP contribution is -2.46. The molecule has 0 radical (unpaired) electrons. The van der Waals surface area contributed by atoms with Gasteiger partial charge in [-0.3, -0.25) is 9.59 Å². The van der Waals surface area contributed by atoms with E-state index in [0.717, 1.165) is 77.0 Å². The minimum atomic E-state index is -0.792. The molecule has 0 saturated heterocycles. The van der Waals surface area contributed by atoms with Crippen LogP contribution in [0.1, 0.15) is 284 Å². The number of allylic oxidation sites excluding steroid dienone is 6. The molecule has 62 heavy (non-hydrogen) atoms. The third kappa shape index (κ3) is 44.7. The largest absolute Gasteiger partial charge is 0.462 e. The summed E-state index contributed by atoms with van der Waals surface area (Å²) in [6.45, 7) is 6.48. The first kappa shape index (κ1) is 60.1. The Kier molecular flexibility index (Phi) is 48.5. The number of hydrogen-bond acceptors (Lipinski definition) is 5. The summed E-state index contributed by atoms with van der Waals surface area (Å²) >= 11 is 0. The maximum Gasteiger partial charge on any atom is 0.306 e. The Hall–Kier alpha value is -1.92. The molecule has 0 aliphatic carbocycles. The van der Waals surface area contributed by atoms with E-state index in [9.17, 15) is 19.8 Å². The van der Waals surface area contributed by atoms with Crippen molar-refractivity contribution >= 4 is 11.9 Å². The first-order valence-corrected chi connectivity index (χ1v) is 27.2. The molecular formula is C56H105NO5. The van der Waals surface area contributed by atoms with Crippen molar-refractivity contribution in [3.8, 4) is 0 Å². The number of aliphatic hydroxyl groups excluding tert-OH is 2. The Morgan fingerprint density at radius 1 is 0.468 bits per heavy atom. The molecule has 6 heteroatoms. The van der Waals surface area contributed by atoms with E-state index in [1.54, 1.807) is 0 Å². The molecule has 0 aromatic carbocycles. The van der Waals surface area contributed by atoms with Crippen LogP contribution in [-0.4, -0.2) is 46.9 Å². The number of aliphatic hydroxyl groups is 2. The van der Waals surface area contributed by atoms with Gasteiger partial charge < -0.3 is 20.3 Å². The molecule has 0 spiro atoms. The molecule has 0 aromatic heterocycles. The predicted molar refractivity (Wildman–Crippen MR) is 269 cm³/mol.